The van der Waals surface area contributed by atoms with Gasteiger partial charge in [-0.15, -0.1) is 0 Å². The lowest BCUT2D eigenvalue weighted by molar-refractivity contribution is 0.174. The normalized spacial score (nSPS) is 11.0. The average Bonchev–Trinajstić information content (AvgIpc) is 2.92. The summed E-state index contributed by atoms with van der Waals surface area (Å²) in [5.41, 5.74) is 4.41. The molecule has 0 saturated carbocycles. The standard InChI is InChI=1S/C17H24N2O2/c1-4-6-8-13-10-15-16(11-14(13)9-7-5-2)19(12-18-15)17(20)21-3/h10-12H,4-9H2,1-3H3. The van der Waals surface area contributed by atoms with E-state index in [1.807, 2.05) is 0 Å². The second kappa shape index (κ2) is 7.25. The number of rotatable bonds is 6. The maximum absolute atomic E-state index is 11.8. The molecule has 4 heteroatoms. The lowest BCUT2D eigenvalue weighted by Crippen LogP contribution is -2.10. The molecule has 0 N–H and O–H groups in total. The maximum atomic E-state index is 11.8. The van der Waals surface area contributed by atoms with E-state index >= 15 is 0 Å². The van der Waals surface area contributed by atoms with Crippen molar-refractivity contribution >= 4 is 17.1 Å². The Labute approximate surface area is 126 Å². The van der Waals surface area contributed by atoms with Gasteiger partial charge < -0.3 is 4.74 Å². The van der Waals surface area contributed by atoms with Crippen molar-refractivity contribution in [2.24, 2.45) is 0 Å². The first-order valence-corrected chi connectivity index (χ1v) is 7.78. The first-order valence-electron chi connectivity index (χ1n) is 7.78. The average molecular weight is 288 g/mol. The molecule has 0 aliphatic rings. The lowest BCUT2D eigenvalue weighted by Gasteiger charge is -2.10. The third-order valence-corrected chi connectivity index (χ3v) is 3.84. The molecule has 2 aromatic rings. The van der Waals surface area contributed by atoms with E-state index in [2.05, 4.69) is 31.0 Å². The largest absolute Gasteiger partial charge is 0.452 e. The summed E-state index contributed by atoms with van der Waals surface area (Å²) < 4.78 is 6.28. The topological polar surface area (TPSA) is 44.1 Å². The van der Waals surface area contributed by atoms with Gasteiger partial charge in [-0.05, 0) is 48.9 Å². The van der Waals surface area contributed by atoms with Crippen molar-refractivity contribution in [1.29, 1.82) is 0 Å². The first kappa shape index (κ1) is 15.5. The van der Waals surface area contributed by atoms with Gasteiger partial charge in [0.15, 0.2) is 0 Å². The zero-order valence-electron chi connectivity index (χ0n) is 13.2. The highest BCUT2D eigenvalue weighted by Crippen LogP contribution is 2.23. The van der Waals surface area contributed by atoms with Gasteiger partial charge in [0.25, 0.3) is 0 Å². The van der Waals surface area contributed by atoms with E-state index < -0.39 is 0 Å². The third kappa shape index (κ3) is 3.43. The van der Waals surface area contributed by atoms with Gasteiger partial charge in [0.2, 0.25) is 0 Å². The van der Waals surface area contributed by atoms with Crippen molar-refractivity contribution in [2.45, 2.75) is 52.4 Å². The number of hydrogen-bond acceptors (Lipinski definition) is 3. The van der Waals surface area contributed by atoms with Gasteiger partial charge >= 0.3 is 6.09 Å². The molecule has 0 atom stereocenters. The van der Waals surface area contributed by atoms with Crippen LogP contribution in [-0.2, 0) is 17.6 Å². The number of carbonyl (C=O) groups excluding carboxylic acids is 1. The number of carbonyl (C=O) groups is 1. The molecule has 0 amide bonds. The summed E-state index contributed by atoms with van der Waals surface area (Å²) in [4.78, 5) is 16.1. The summed E-state index contributed by atoms with van der Waals surface area (Å²) in [6, 6.07) is 4.25. The molecular weight excluding hydrogens is 264 g/mol. The number of benzene rings is 1. The highest BCUT2D eigenvalue weighted by molar-refractivity contribution is 5.87. The summed E-state index contributed by atoms with van der Waals surface area (Å²) in [5.74, 6) is 0. The molecule has 0 spiro atoms. The maximum Gasteiger partial charge on any atom is 0.419 e. The molecule has 0 aliphatic carbocycles. The number of imidazole rings is 1. The molecule has 1 aromatic heterocycles. The molecule has 0 aliphatic heterocycles. The van der Waals surface area contributed by atoms with Crippen LogP contribution in [0.4, 0.5) is 4.79 Å². The Morgan fingerprint density at radius 2 is 1.76 bits per heavy atom. The van der Waals surface area contributed by atoms with Crippen molar-refractivity contribution in [2.75, 3.05) is 7.11 Å². The molecule has 0 saturated heterocycles. The van der Waals surface area contributed by atoms with Crippen molar-refractivity contribution < 1.29 is 9.53 Å². The number of hydrogen-bond donors (Lipinski definition) is 0. The van der Waals surface area contributed by atoms with Crippen LogP contribution in [0.5, 0.6) is 0 Å². The number of nitrogens with zero attached hydrogens (tertiary/aromatic N) is 2. The van der Waals surface area contributed by atoms with Crippen LogP contribution in [0.2, 0.25) is 0 Å². The number of methoxy groups -OCH3 is 1. The van der Waals surface area contributed by atoms with Gasteiger partial charge in [-0.2, -0.15) is 0 Å². The van der Waals surface area contributed by atoms with E-state index in [0.29, 0.717) is 0 Å². The van der Waals surface area contributed by atoms with Gasteiger partial charge in [0, 0.05) is 0 Å². The van der Waals surface area contributed by atoms with E-state index in [9.17, 15) is 4.79 Å². The van der Waals surface area contributed by atoms with Crippen LogP contribution in [0.1, 0.15) is 50.7 Å². The molecule has 4 nitrogen and oxygen atoms in total. The first-order chi connectivity index (χ1) is 10.2. The van der Waals surface area contributed by atoms with E-state index in [4.69, 9.17) is 4.74 Å². The Morgan fingerprint density at radius 3 is 2.33 bits per heavy atom. The molecule has 0 radical (unpaired) electrons. The molecule has 2 rings (SSSR count). The summed E-state index contributed by atoms with van der Waals surface area (Å²) in [7, 11) is 1.39. The van der Waals surface area contributed by atoms with Gasteiger partial charge in [0.1, 0.15) is 6.33 Å². The predicted octanol–water partition coefficient (Wildman–Crippen LogP) is 4.34. The van der Waals surface area contributed by atoms with Gasteiger partial charge in [-0.25, -0.2) is 14.3 Å². The minimum absolute atomic E-state index is 0.389. The molecule has 0 fully saturated rings. The summed E-state index contributed by atoms with van der Waals surface area (Å²) in [5, 5.41) is 0. The van der Waals surface area contributed by atoms with Crippen LogP contribution in [0.25, 0.3) is 11.0 Å². The fourth-order valence-corrected chi connectivity index (χ4v) is 2.59. The number of aromatic nitrogens is 2. The highest BCUT2D eigenvalue weighted by Gasteiger charge is 2.13. The zero-order valence-corrected chi connectivity index (χ0v) is 13.2. The Kier molecular flexibility index (Phi) is 5.37. The minimum atomic E-state index is -0.389. The highest BCUT2D eigenvalue weighted by atomic mass is 16.5. The fraction of sp³-hybridized carbons (Fsp3) is 0.529. The number of ether oxygens (including phenoxy) is 1. The summed E-state index contributed by atoms with van der Waals surface area (Å²) in [6.07, 6.45) is 7.99. The van der Waals surface area contributed by atoms with Crippen LogP contribution >= 0.6 is 0 Å². The van der Waals surface area contributed by atoms with Crippen molar-refractivity contribution in [3.63, 3.8) is 0 Å². The number of fused-ring (bicyclic) bond motifs is 1. The molecular formula is C17H24N2O2. The Bertz CT molecular complexity index is 617. The Hall–Kier alpha value is -1.84. The van der Waals surface area contributed by atoms with Crippen molar-refractivity contribution in [3.05, 3.63) is 29.6 Å². The van der Waals surface area contributed by atoms with Crippen molar-refractivity contribution in [1.82, 2.24) is 9.55 Å². The molecule has 114 valence electrons. The van der Waals surface area contributed by atoms with Crippen LogP contribution in [0.15, 0.2) is 18.5 Å². The molecule has 1 heterocycles. The van der Waals surface area contributed by atoms with Crippen LogP contribution in [0.3, 0.4) is 0 Å². The van der Waals surface area contributed by atoms with Gasteiger partial charge in [-0.1, -0.05) is 26.7 Å². The molecule has 0 unspecified atom stereocenters. The van der Waals surface area contributed by atoms with Gasteiger partial charge in [0.05, 0.1) is 18.1 Å². The zero-order chi connectivity index (χ0) is 15.2. The van der Waals surface area contributed by atoms with Crippen LogP contribution in [-0.4, -0.2) is 22.8 Å². The second-order valence-electron chi connectivity index (χ2n) is 5.40. The van der Waals surface area contributed by atoms with Crippen molar-refractivity contribution in [3.8, 4) is 0 Å². The van der Waals surface area contributed by atoms with Crippen LogP contribution < -0.4 is 0 Å². The van der Waals surface area contributed by atoms with Crippen LogP contribution in [0, 0.1) is 0 Å². The van der Waals surface area contributed by atoms with E-state index in [1.54, 1.807) is 6.33 Å². The van der Waals surface area contributed by atoms with E-state index in [-0.39, 0.29) is 6.09 Å². The number of unbranched alkanes of at least 4 members (excludes halogenated alkanes) is 2. The fourth-order valence-electron chi connectivity index (χ4n) is 2.59. The molecule has 0 bridgehead atoms. The van der Waals surface area contributed by atoms with Gasteiger partial charge in [-0.3, -0.25) is 0 Å². The molecule has 21 heavy (non-hydrogen) atoms. The smallest absolute Gasteiger partial charge is 0.419 e. The summed E-state index contributed by atoms with van der Waals surface area (Å²) in [6.45, 7) is 4.40. The minimum Gasteiger partial charge on any atom is -0.452 e. The molecule has 1 aromatic carbocycles. The summed E-state index contributed by atoms with van der Waals surface area (Å²) >= 11 is 0. The number of aryl methyl sites for hydroxylation is 2. The Morgan fingerprint density at radius 1 is 1.14 bits per heavy atom. The van der Waals surface area contributed by atoms with E-state index in [0.717, 1.165) is 30.3 Å². The quantitative estimate of drug-likeness (QED) is 0.794. The predicted molar refractivity (Wildman–Crippen MR) is 84.8 cm³/mol. The SMILES string of the molecule is CCCCc1cc2ncn(C(=O)OC)c2cc1CCCC. The van der Waals surface area contributed by atoms with E-state index in [1.165, 1.54) is 42.1 Å². The Balaban J connectivity index is 2.44. The third-order valence-electron chi connectivity index (χ3n) is 3.84. The monoisotopic (exact) mass is 288 g/mol. The second-order valence-corrected chi connectivity index (χ2v) is 5.40. The lowest BCUT2D eigenvalue weighted by atomic mass is 9.97.